The lowest BCUT2D eigenvalue weighted by molar-refractivity contribution is 0.628. The van der Waals surface area contributed by atoms with E-state index in [1.54, 1.807) is 12.1 Å². The van der Waals surface area contributed by atoms with Gasteiger partial charge in [-0.05, 0) is 48.5 Å². The summed E-state index contributed by atoms with van der Waals surface area (Å²) >= 11 is 0. The largest absolute Gasteiger partial charge is 0.310 e. The van der Waals surface area contributed by atoms with Crippen LogP contribution >= 0.6 is 0 Å². The van der Waals surface area contributed by atoms with E-state index in [0.717, 1.165) is 28.0 Å². The number of para-hydroxylation sites is 3. The van der Waals surface area contributed by atoms with Gasteiger partial charge in [-0.1, -0.05) is 66.7 Å². The number of hydrogen-bond donors (Lipinski definition) is 0. The standard InChI is InChI=1S/C30H19FN2/c31-20-9-6-12-22(19-20)32(21-10-2-1-3-11-21)27-17-8-18-28-29(27)25-15-7-14-24-23-13-4-5-16-26(23)33(28)30(24)25/h1-19H. The van der Waals surface area contributed by atoms with Gasteiger partial charge >= 0.3 is 0 Å². The molecule has 5 aromatic carbocycles. The minimum atomic E-state index is -0.250. The highest BCUT2D eigenvalue weighted by molar-refractivity contribution is 6.26. The van der Waals surface area contributed by atoms with Crippen LogP contribution in [0.5, 0.6) is 0 Å². The van der Waals surface area contributed by atoms with Crippen molar-refractivity contribution >= 4 is 55.2 Å². The molecular formula is C30H19FN2. The summed E-state index contributed by atoms with van der Waals surface area (Å²) < 4.78 is 16.7. The number of rotatable bonds is 3. The molecular weight excluding hydrogens is 407 g/mol. The smallest absolute Gasteiger partial charge is 0.125 e. The fourth-order valence-corrected chi connectivity index (χ4v) is 5.27. The molecule has 0 aliphatic rings. The molecule has 0 spiro atoms. The molecule has 0 amide bonds. The van der Waals surface area contributed by atoms with E-state index in [2.05, 4.69) is 82.1 Å². The SMILES string of the molecule is Fc1cccc(N(c2ccccc2)c2cccc3c2c2cccc4c5ccccc5n3c42)c1. The van der Waals surface area contributed by atoms with Crippen LogP contribution in [0.2, 0.25) is 0 Å². The fourth-order valence-electron chi connectivity index (χ4n) is 5.27. The summed E-state index contributed by atoms with van der Waals surface area (Å²) in [7, 11) is 0. The van der Waals surface area contributed by atoms with E-state index in [1.165, 1.54) is 33.3 Å². The third-order valence-electron chi connectivity index (χ3n) is 6.55. The Morgan fingerprint density at radius 2 is 1.21 bits per heavy atom. The molecule has 0 unspecified atom stereocenters. The van der Waals surface area contributed by atoms with Gasteiger partial charge in [0.2, 0.25) is 0 Å². The van der Waals surface area contributed by atoms with Crippen LogP contribution in [0.25, 0.3) is 38.1 Å². The van der Waals surface area contributed by atoms with E-state index in [4.69, 9.17) is 0 Å². The average molecular weight is 426 g/mol. The Bertz CT molecular complexity index is 1780. The van der Waals surface area contributed by atoms with Crippen molar-refractivity contribution in [1.29, 1.82) is 0 Å². The highest BCUT2D eigenvalue weighted by Crippen LogP contribution is 2.45. The minimum absolute atomic E-state index is 0.250. The molecule has 0 saturated heterocycles. The maximum atomic E-state index is 14.3. The van der Waals surface area contributed by atoms with Crippen LogP contribution in [0.4, 0.5) is 21.5 Å². The third-order valence-corrected chi connectivity index (χ3v) is 6.55. The Kier molecular flexibility index (Phi) is 3.76. The summed E-state index contributed by atoms with van der Waals surface area (Å²) in [4.78, 5) is 2.15. The van der Waals surface area contributed by atoms with Crippen molar-refractivity contribution in [3.05, 3.63) is 121 Å². The predicted molar refractivity (Wildman–Crippen MR) is 136 cm³/mol. The van der Waals surface area contributed by atoms with Gasteiger partial charge in [0.15, 0.2) is 0 Å². The Morgan fingerprint density at radius 3 is 2.09 bits per heavy atom. The van der Waals surface area contributed by atoms with Crippen LogP contribution in [0.15, 0.2) is 115 Å². The van der Waals surface area contributed by atoms with E-state index in [1.807, 2.05) is 24.3 Å². The Morgan fingerprint density at radius 1 is 0.545 bits per heavy atom. The lowest BCUT2D eigenvalue weighted by atomic mass is 10.1. The predicted octanol–water partition coefficient (Wildman–Crippen LogP) is 8.45. The zero-order valence-corrected chi connectivity index (χ0v) is 17.7. The highest BCUT2D eigenvalue weighted by Gasteiger charge is 2.22. The molecule has 33 heavy (non-hydrogen) atoms. The average Bonchev–Trinajstić information content (AvgIpc) is 3.38. The Labute approximate surface area is 190 Å². The number of fused-ring (bicyclic) bond motifs is 6. The Hall–Kier alpha value is -4.37. The molecule has 0 aliphatic heterocycles. The van der Waals surface area contributed by atoms with E-state index in [-0.39, 0.29) is 5.82 Å². The summed E-state index contributed by atoms with van der Waals surface area (Å²) in [6.07, 6.45) is 0. The van der Waals surface area contributed by atoms with Gasteiger partial charge in [-0.2, -0.15) is 0 Å². The number of benzene rings is 5. The van der Waals surface area contributed by atoms with Crippen LogP contribution in [0, 0.1) is 5.82 Å². The lowest BCUT2D eigenvalue weighted by Gasteiger charge is -2.26. The molecule has 0 N–H and O–H groups in total. The topological polar surface area (TPSA) is 7.65 Å². The lowest BCUT2D eigenvalue weighted by Crippen LogP contribution is -2.10. The van der Waals surface area contributed by atoms with Crippen molar-refractivity contribution < 1.29 is 4.39 Å². The van der Waals surface area contributed by atoms with Crippen molar-refractivity contribution in [2.75, 3.05) is 4.90 Å². The van der Waals surface area contributed by atoms with E-state index < -0.39 is 0 Å². The first-order chi connectivity index (χ1) is 16.3. The van der Waals surface area contributed by atoms with Gasteiger partial charge in [0.25, 0.3) is 0 Å². The maximum absolute atomic E-state index is 14.3. The first-order valence-corrected chi connectivity index (χ1v) is 11.1. The van der Waals surface area contributed by atoms with Crippen LogP contribution in [-0.4, -0.2) is 4.40 Å². The summed E-state index contributed by atoms with van der Waals surface area (Å²) in [6, 6.07) is 38.5. The molecule has 0 atom stereocenters. The zero-order chi connectivity index (χ0) is 21.9. The molecule has 2 nitrogen and oxygen atoms in total. The maximum Gasteiger partial charge on any atom is 0.125 e. The highest BCUT2D eigenvalue weighted by atomic mass is 19.1. The first-order valence-electron chi connectivity index (χ1n) is 11.1. The summed E-state index contributed by atoms with van der Waals surface area (Å²) in [5.74, 6) is -0.250. The third kappa shape index (κ3) is 2.53. The molecule has 7 rings (SSSR count). The van der Waals surface area contributed by atoms with Crippen LogP contribution in [0.1, 0.15) is 0 Å². The van der Waals surface area contributed by atoms with Gasteiger partial charge in [-0.25, -0.2) is 4.39 Å². The molecule has 0 bridgehead atoms. The van der Waals surface area contributed by atoms with Gasteiger partial charge in [0.1, 0.15) is 5.82 Å². The zero-order valence-electron chi connectivity index (χ0n) is 17.7. The second-order valence-electron chi connectivity index (χ2n) is 8.38. The number of halogens is 1. The fraction of sp³-hybridized carbons (Fsp3) is 0. The second kappa shape index (κ2) is 6.81. The normalized spacial score (nSPS) is 11.8. The van der Waals surface area contributed by atoms with Crippen molar-refractivity contribution in [3.63, 3.8) is 0 Å². The van der Waals surface area contributed by atoms with Gasteiger partial charge in [0, 0.05) is 32.9 Å². The monoisotopic (exact) mass is 426 g/mol. The number of anilines is 3. The molecule has 0 saturated carbocycles. The van der Waals surface area contributed by atoms with E-state index in [0.29, 0.717) is 0 Å². The molecule has 7 aromatic rings. The summed E-state index contributed by atoms with van der Waals surface area (Å²) in [5.41, 5.74) is 6.40. The Balaban J connectivity index is 1.65. The van der Waals surface area contributed by atoms with Crippen molar-refractivity contribution in [2.45, 2.75) is 0 Å². The molecule has 0 fully saturated rings. The van der Waals surface area contributed by atoms with Crippen LogP contribution in [-0.2, 0) is 0 Å². The van der Waals surface area contributed by atoms with Crippen molar-refractivity contribution in [2.24, 2.45) is 0 Å². The van der Waals surface area contributed by atoms with Crippen LogP contribution < -0.4 is 4.90 Å². The summed E-state index contributed by atoms with van der Waals surface area (Å²) in [6.45, 7) is 0. The summed E-state index contributed by atoms with van der Waals surface area (Å²) in [5, 5.41) is 4.88. The molecule has 0 radical (unpaired) electrons. The van der Waals surface area contributed by atoms with Gasteiger partial charge in [-0.3, -0.25) is 0 Å². The van der Waals surface area contributed by atoms with Crippen molar-refractivity contribution in [1.82, 2.24) is 4.40 Å². The first kappa shape index (κ1) is 18.2. The van der Waals surface area contributed by atoms with E-state index in [9.17, 15) is 4.39 Å². The molecule has 2 heterocycles. The minimum Gasteiger partial charge on any atom is -0.310 e. The van der Waals surface area contributed by atoms with Gasteiger partial charge in [-0.15, -0.1) is 0 Å². The van der Waals surface area contributed by atoms with Crippen molar-refractivity contribution in [3.8, 4) is 0 Å². The van der Waals surface area contributed by atoms with Gasteiger partial charge in [0.05, 0.1) is 22.2 Å². The number of aromatic nitrogens is 1. The molecule has 3 heteroatoms. The molecule has 2 aromatic heterocycles. The quantitative estimate of drug-likeness (QED) is 0.275. The molecule has 0 aliphatic carbocycles. The second-order valence-corrected chi connectivity index (χ2v) is 8.38. The van der Waals surface area contributed by atoms with Gasteiger partial charge < -0.3 is 9.30 Å². The van der Waals surface area contributed by atoms with E-state index >= 15 is 0 Å². The number of nitrogens with zero attached hydrogens (tertiary/aromatic N) is 2. The molecule has 156 valence electrons. The van der Waals surface area contributed by atoms with Crippen LogP contribution in [0.3, 0.4) is 0 Å². The number of hydrogen-bond acceptors (Lipinski definition) is 1.